The SMILES string of the molecule is C[C@H]1CCC[C@]2(C)C[C@H]3OC(=O)[C@@H](C[NH+](CCO)Cc4ccccc4)[C@H]3C=C12. The number of carbonyl (C=O) groups is 1. The molecule has 0 radical (unpaired) electrons. The van der Waals surface area contributed by atoms with Gasteiger partial charge in [-0.15, -0.1) is 0 Å². The number of aliphatic hydroxyl groups excluding tert-OH is 1. The Morgan fingerprint density at radius 3 is 2.82 bits per heavy atom. The Morgan fingerprint density at radius 1 is 1.29 bits per heavy atom. The normalized spacial score (nSPS) is 35.5. The molecule has 152 valence electrons. The lowest BCUT2D eigenvalue weighted by molar-refractivity contribution is -0.916. The number of aliphatic hydroxyl groups is 1. The third-order valence-electron chi connectivity index (χ3n) is 7.35. The Kier molecular flexibility index (Phi) is 5.62. The molecular formula is C24H34NO3+. The van der Waals surface area contributed by atoms with Gasteiger partial charge in [0.15, 0.2) is 0 Å². The number of benzene rings is 1. The predicted octanol–water partition coefficient (Wildman–Crippen LogP) is 2.38. The van der Waals surface area contributed by atoms with E-state index in [9.17, 15) is 9.90 Å². The second-order valence-corrected chi connectivity index (χ2v) is 9.43. The van der Waals surface area contributed by atoms with E-state index in [1.807, 2.05) is 18.2 Å². The first-order valence-electron chi connectivity index (χ1n) is 10.9. The summed E-state index contributed by atoms with van der Waals surface area (Å²) in [4.78, 5) is 14.0. The minimum absolute atomic E-state index is 0.0312. The van der Waals surface area contributed by atoms with Crippen molar-refractivity contribution < 1.29 is 19.5 Å². The standard InChI is InChI=1S/C24H33NO3/c1-17-7-6-10-24(2)14-22-19(13-21(17)24)20(23(27)28-22)16-25(11-12-26)15-18-8-4-3-5-9-18/h3-5,8-9,13,17,19-20,22,26H,6-7,10-12,14-16H2,1-2H3/p+1/t17-,19+,20-,22+,24+/m0/s1. The van der Waals surface area contributed by atoms with Gasteiger partial charge in [-0.05, 0) is 30.6 Å². The zero-order valence-corrected chi connectivity index (χ0v) is 17.2. The lowest BCUT2D eigenvalue weighted by atomic mass is 9.59. The van der Waals surface area contributed by atoms with Crippen LogP contribution in [-0.4, -0.2) is 36.9 Å². The number of hydrogen-bond donors (Lipinski definition) is 2. The fourth-order valence-corrected chi connectivity index (χ4v) is 5.90. The molecule has 1 heterocycles. The van der Waals surface area contributed by atoms with Crippen LogP contribution in [0.4, 0.5) is 0 Å². The predicted molar refractivity (Wildman–Crippen MR) is 109 cm³/mol. The summed E-state index contributed by atoms with van der Waals surface area (Å²) in [7, 11) is 0. The van der Waals surface area contributed by atoms with Crippen LogP contribution in [0.25, 0.3) is 0 Å². The molecule has 1 saturated heterocycles. The molecule has 2 aliphatic carbocycles. The summed E-state index contributed by atoms with van der Waals surface area (Å²) >= 11 is 0. The summed E-state index contributed by atoms with van der Waals surface area (Å²) in [5.74, 6) is 0.675. The maximum Gasteiger partial charge on any atom is 0.315 e. The van der Waals surface area contributed by atoms with Crippen molar-refractivity contribution in [3.05, 3.63) is 47.5 Å². The van der Waals surface area contributed by atoms with Crippen LogP contribution in [0, 0.1) is 23.2 Å². The molecule has 0 spiro atoms. The summed E-state index contributed by atoms with van der Waals surface area (Å²) < 4.78 is 5.90. The van der Waals surface area contributed by atoms with Crippen LogP contribution in [0.15, 0.2) is 42.0 Å². The van der Waals surface area contributed by atoms with Crippen LogP contribution in [0.5, 0.6) is 0 Å². The van der Waals surface area contributed by atoms with E-state index in [1.54, 1.807) is 5.57 Å². The van der Waals surface area contributed by atoms with E-state index in [0.29, 0.717) is 12.5 Å². The molecule has 4 heteroatoms. The van der Waals surface area contributed by atoms with Gasteiger partial charge in [0.25, 0.3) is 0 Å². The average molecular weight is 385 g/mol. The van der Waals surface area contributed by atoms with Crippen molar-refractivity contribution in [3.8, 4) is 0 Å². The number of fused-ring (bicyclic) bond motifs is 2. The van der Waals surface area contributed by atoms with E-state index >= 15 is 0 Å². The molecular weight excluding hydrogens is 350 g/mol. The zero-order valence-electron chi connectivity index (χ0n) is 17.2. The van der Waals surface area contributed by atoms with E-state index < -0.39 is 0 Å². The highest BCUT2D eigenvalue weighted by molar-refractivity contribution is 5.76. The first-order valence-corrected chi connectivity index (χ1v) is 10.9. The second-order valence-electron chi connectivity index (χ2n) is 9.43. The van der Waals surface area contributed by atoms with E-state index in [0.717, 1.165) is 19.5 Å². The number of allylic oxidation sites excluding steroid dienone is 1. The van der Waals surface area contributed by atoms with E-state index in [4.69, 9.17) is 4.74 Å². The van der Waals surface area contributed by atoms with Crippen LogP contribution in [-0.2, 0) is 16.1 Å². The van der Waals surface area contributed by atoms with Gasteiger partial charge in [0.05, 0.1) is 13.2 Å². The van der Waals surface area contributed by atoms with E-state index in [2.05, 4.69) is 32.1 Å². The van der Waals surface area contributed by atoms with Gasteiger partial charge in [-0.2, -0.15) is 0 Å². The maximum atomic E-state index is 12.8. The van der Waals surface area contributed by atoms with Crippen molar-refractivity contribution in [2.75, 3.05) is 19.7 Å². The first kappa shape index (κ1) is 19.7. The Balaban J connectivity index is 1.54. The Bertz CT molecular complexity index is 731. The van der Waals surface area contributed by atoms with Gasteiger partial charge in [-0.3, -0.25) is 4.79 Å². The van der Waals surface area contributed by atoms with Crippen molar-refractivity contribution in [1.29, 1.82) is 0 Å². The molecule has 0 aromatic heterocycles. The van der Waals surface area contributed by atoms with Crippen molar-refractivity contribution in [2.45, 2.75) is 52.2 Å². The number of rotatable bonds is 6. The first-order chi connectivity index (χ1) is 13.5. The van der Waals surface area contributed by atoms with Gasteiger partial charge >= 0.3 is 5.97 Å². The molecule has 1 aliphatic heterocycles. The second kappa shape index (κ2) is 8.00. The highest BCUT2D eigenvalue weighted by Crippen LogP contribution is 2.53. The molecule has 0 bridgehead atoms. The monoisotopic (exact) mass is 384 g/mol. The van der Waals surface area contributed by atoms with Gasteiger partial charge in [0, 0.05) is 11.5 Å². The van der Waals surface area contributed by atoms with Crippen LogP contribution in [0.2, 0.25) is 0 Å². The molecule has 28 heavy (non-hydrogen) atoms. The fourth-order valence-electron chi connectivity index (χ4n) is 5.90. The number of quaternary nitrogens is 1. The van der Waals surface area contributed by atoms with Crippen molar-refractivity contribution >= 4 is 5.97 Å². The lowest BCUT2D eigenvalue weighted by Crippen LogP contribution is -3.12. The summed E-state index contributed by atoms with van der Waals surface area (Å²) in [6, 6.07) is 10.3. The largest absolute Gasteiger partial charge is 0.461 e. The molecule has 2 N–H and O–H groups in total. The number of hydrogen-bond acceptors (Lipinski definition) is 3. The van der Waals surface area contributed by atoms with Gasteiger partial charge < -0.3 is 14.7 Å². The number of nitrogens with one attached hydrogen (secondary N) is 1. The van der Waals surface area contributed by atoms with Crippen molar-refractivity contribution in [3.63, 3.8) is 0 Å². The Morgan fingerprint density at radius 2 is 2.07 bits per heavy atom. The zero-order chi connectivity index (χ0) is 19.7. The average Bonchev–Trinajstić information content (AvgIpc) is 2.95. The molecule has 2 fully saturated rings. The highest BCUT2D eigenvalue weighted by atomic mass is 16.6. The Hall–Kier alpha value is -1.65. The van der Waals surface area contributed by atoms with Crippen LogP contribution >= 0.6 is 0 Å². The van der Waals surface area contributed by atoms with Crippen LogP contribution < -0.4 is 4.90 Å². The fraction of sp³-hybridized carbons (Fsp3) is 0.625. The van der Waals surface area contributed by atoms with Crippen molar-refractivity contribution in [2.24, 2.45) is 23.2 Å². The van der Waals surface area contributed by atoms with E-state index in [-0.39, 0.29) is 35.9 Å². The molecule has 1 unspecified atom stereocenters. The lowest BCUT2D eigenvalue weighted by Gasteiger charge is -2.46. The number of ether oxygens (including phenoxy) is 1. The highest BCUT2D eigenvalue weighted by Gasteiger charge is 2.52. The maximum absolute atomic E-state index is 12.8. The molecule has 1 saturated carbocycles. The van der Waals surface area contributed by atoms with Gasteiger partial charge in [0.2, 0.25) is 0 Å². The van der Waals surface area contributed by atoms with Gasteiger partial charge in [-0.25, -0.2) is 0 Å². The summed E-state index contributed by atoms with van der Waals surface area (Å²) in [6.07, 6.45) is 7.17. The Labute approximate surface area is 168 Å². The minimum atomic E-state index is -0.0959. The smallest absolute Gasteiger partial charge is 0.315 e. The topological polar surface area (TPSA) is 51.0 Å². The van der Waals surface area contributed by atoms with Gasteiger partial charge in [-0.1, -0.05) is 62.2 Å². The minimum Gasteiger partial charge on any atom is -0.461 e. The summed E-state index contributed by atoms with van der Waals surface area (Å²) in [5, 5.41) is 9.56. The van der Waals surface area contributed by atoms with Gasteiger partial charge in [0.1, 0.15) is 25.1 Å². The van der Waals surface area contributed by atoms with Crippen LogP contribution in [0.3, 0.4) is 0 Å². The third kappa shape index (κ3) is 3.77. The molecule has 6 atom stereocenters. The van der Waals surface area contributed by atoms with Crippen LogP contribution in [0.1, 0.15) is 45.1 Å². The molecule has 4 rings (SSSR count). The number of esters is 1. The third-order valence-corrected chi connectivity index (χ3v) is 7.35. The van der Waals surface area contributed by atoms with Crippen molar-refractivity contribution in [1.82, 2.24) is 0 Å². The quantitative estimate of drug-likeness (QED) is 0.585. The molecule has 4 nitrogen and oxygen atoms in total. The summed E-state index contributed by atoms with van der Waals surface area (Å²) in [5.41, 5.74) is 3.01. The summed E-state index contributed by atoms with van der Waals surface area (Å²) in [6.45, 7) is 7.05. The molecule has 1 aromatic carbocycles. The number of carbonyl (C=O) groups excluding carboxylic acids is 1. The molecule has 1 aromatic rings. The molecule has 0 amide bonds. The van der Waals surface area contributed by atoms with E-state index in [1.165, 1.54) is 29.7 Å². The molecule has 3 aliphatic rings.